The summed E-state index contributed by atoms with van der Waals surface area (Å²) in [7, 11) is 0. The molecule has 0 aliphatic carbocycles. The maximum Gasteiger partial charge on any atom is 0.267 e. The highest BCUT2D eigenvalue weighted by molar-refractivity contribution is 6.05. The molecule has 0 radical (unpaired) electrons. The van der Waals surface area contributed by atoms with Crippen molar-refractivity contribution in [2.45, 2.75) is 20.4 Å². The van der Waals surface area contributed by atoms with Crippen molar-refractivity contribution < 1.29 is 4.79 Å². The van der Waals surface area contributed by atoms with Gasteiger partial charge < -0.3 is 10.7 Å². The number of amides is 1. The van der Waals surface area contributed by atoms with Gasteiger partial charge in [-0.25, -0.2) is 15.0 Å². The van der Waals surface area contributed by atoms with Crippen molar-refractivity contribution in [1.29, 1.82) is 0 Å². The number of primary amides is 1. The second kappa shape index (κ2) is 5.12. The summed E-state index contributed by atoms with van der Waals surface area (Å²) in [5.74, 6) is 0.0257. The summed E-state index contributed by atoms with van der Waals surface area (Å²) in [4.78, 5) is 27.9. The van der Waals surface area contributed by atoms with E-state index in [0.29, 0.717) is 17.0 Å². The first kappa shape index (κ1) is 14.3. The Hall–Kier alpha value is -3.29. The summed E-state index contributed by atoms with van der Waals surface area (Å²) in [5, 5.41) is 5.17. The predicted molar refractivity (Wildman–Crippen MR) is 89.3 cm³/mol. The summed E-state index contributed by atoms with van der Waals surface area (Å²) < 4.78 is 1.86. The molecule has 0 fully saturated rings. The zero-order valence-corrected chi connectivity index (χ0v) is 13.2. The number of pyridine rings is 1. The number of nitrogens with zero attached hydrogens (tertiary/aromatic N) is 5. The summed E-state index contributed by atoms with van der Waals surface area (Å²) in [6.45, 7) is 4.69. The second-order valence-electron chi connectivity index (χ2n) is 5.52. The van der Waals surface area contributed by atoms with Crippen LogP contribution >= 0.6 is 0 Å². The molecule has 0 bridgehead atoms. The van der Waals surface area contributed by atoms with Gasteiger partial charge in [0.1, 0.15) is 17.0 Å². The van der Waals surface area contributed by atoms with Crippen molar-refractivity contribution in [2.24, 2.45) is 5.73 Å². The van der Waals surface area contributed by atoms with Gasteiger partial charge in [-0.2, -0.15) is 5.10 Å². The van der Waals surface area contributed by atoms with Gasteiger partial charge in [0.2, 0.25) is 0 Å². The van der Waals surface area contributed by atoms with Gasteiger partial charge in [0.05, 0.1) is 22.1 Å². The topological polar surface area (TPSA) is 115 Å². The molecule has 0 spiro atoms. The molecule has 0 aliphatic rings. The van der Waals surface area contributed by atoms with Crippen LogP contribution in [0.3, 0.4) is 0 Å². The van der Waals surface area contributed by atoms with Gasteiger partial charge in [0.15, 0.2) is 5.82 Å². The molecular weight excluding hydrogens is 306 g/mol. The van der Waals surface area contributed by atoms with Gasteiger partial charge in [-0.3, -0.25) is 9.48 Å². The summed E-state index contributed by atoms with van der Waals surface area (Å²) in [6.07, 6.45) is 1.70. The molecule has 4 aromatic heterocycles. The average Bonchev–Trinajstić information content (AvgIpc) is 3.13. The zero-order chi connectivity index (χ0) is 16.8. The molecule has 4 rings (SSSR count). The van der Waals surface area contributed by atoms with E-state index in [1.54, 1.807) is 18.3 Å². The lowest BCUT2D eigenvalue weighted by atomic mass is 10.2. The molecule has 4 heterocycles. The minimum Gasteiger partial charge on any atom is -0.364 e. The lowest BCUT2D eigenvalue weighted by Gasteiger charge is -2.02. The van der Waals surface area contributed by atoms with Crippen molar-refractivity contribution in [1.82, 2.24) is 29.7 Å². The number of hydrogen-bond donors (Lipinski definition) is 2. The van der Waals surface area contributed by atoms with E-state index in [9.17, 15) is 4.79 Å². The maximum atomic E-state index is 11.3. The van der Waals surface area contributed by atoms with E-state index in [2.05, 4.69) is 25.0 Å². The van der Waals surface area contributed by atoms with Gasteiger partial charge >= 0.3 is 0 Å². The van der Waals surface area contributed by atoms with E-state index in [4.69, 9.17) is 5.73 Å². The fourth-order valence-corrected chi connectivity index (χ4v) is 2.77. The first-order valence-corrected chi connectivity index (χ1v) is 7.57. The molecule has 0 saturated carbocycles. The van der Waals surface area contributed by atoms with Crippen molar-refractivity contribution >= 4 is 28.0 Å². The van der Waals surface area contributed by atoms with Gasteiger partial charge in [0.25, 0.3) is 5.91 Å². The fourth-order valence-electron chi connectivity index (χ4n) is 2.77. The number of aryl methyl sites for hydroxylation is 2. The lowest BCUT2D eigenvalue weighted by molar-refractivity contribution is 0.0996. The average molecular weight is 321 g/mol. The van der Waals surface area contributed by atoms with Crippen LogP contribution < -0.4 is 5.73 Å². The number of carbonyl (C=O) groups excluding carboxylic acids is 1. The van der Waals surface area contributed by atoms with E-state index in [-0.39, 0.29) is 5.69 Å². The minimum atomic E-state index is -0.564. The first-order chi connectivity index (χ1) is 11.6. The molecular formula is C16H15N7O. The molecule has 0 saturated heterocycles. The molecule has 4 aromatic rings. The van der Waals surface area contributed by atoms with Crippen LogP contribution in [0.1, 0.15) is 23.1 Å². The number of carbonyl (C=O) groups is 1. The third kappa shape index (κ3) is 2.11. The highest BCUT2D eigenvalue weighted by Crippen LogP contribution is 2.25. The molecule has 8 heteroatoms. The SMILES string of the molecule is CCn1nc(C)cc1-c1ncc2c(n1)[nH]c1ccc(C(N)=O)nc12. The third-order valence-corrected chi connectivity index (χ3v) is 3.88. The van der Waals surface area contributed by atoms with Gasteiger partial charge in [-0.05, 0) is 32.0 Å². The Labute approximate surface area is 136 Å². The van der Waals surface area contributed by atoms with Crippen LogP contribution in [0.2, 0.25) is 0 Å². The monoisotopic (exact) mass is 321 g/mol. The highest BCUT2D eigenvalue weighted by atomic mass is 16.1. The van der Waals surface area contributed by atoms with E-state index >= 15 is 0 Å². The number of hydrogen-bond acceptors (Lipinski definition) is 5. The quantitative estimate of drug-likeness (QED) is 0.597. The summed E-state index contributed by atoms with van der Waals surface area (Å²) >= 11 is 0. The largest absolute Gasteiger partial charge is 0.364 e. The Balaban J connectivity index is 1.92. The van der Waals surface area contributed by atoms with Crippen LogP contribution in [0.5, 0.6) is 0 Å². The van der Waals surface area contributed by atoms with E-state index in [1.807, 2.05) is 24.6 Å². The van der Waals surface area contributed by atoms with Crippen molar-refractivity contribution in [3.8, 4) is 11.5 Å². The molecule has 3 N–H and O–H groups in total. The molecule has 0 atom stereocenters. The van der Waals surface area contributed by atoms with Crippen molar-refractivity contribution in [2.75, 3.05) is 0 Å². The normalized spacial score (nSPS) is 11.4. The van der Waals surface area contributed by atoms with Crippen LogP contribution in [0.25, 0.3) is 33.6 Å². The molecule has 24 heavy (non-hydrogen) atoms. The highest BCUT2D eigenvalue weighted by Gasteiger charge is 2.14. The second-order valence-corrected chi connectivity index (χ2v) is 5.52. The number of aromatic nitrogens is 6. The number of rotatable bonds is 3. The van der Waals surface area contributed by atoms with E-state index in [1.165, 1.54) is 0 Å². The molecule has 8 nitrogen and oxygen atoms in total. The molecule has 1 amide bonds. The third-order valence-electron chi connectivity index (χ3n) is 3.88. The number of nitrogens with two attached hydrogens (primary N) is 1. The zero-order valence-electron chi connectivity index (χ0n) is 13.2. The van der Waals surface area contributed by atoms with Crippen LogP contribution in [0.15, 0.2) is 24.4 Å². The predicted octanol–water partition coefficient (Wildman–Crippen LogP) is 1.80. The lowest BCUT2D eigenvalue weighted by Crippen LogP contribution is -2.12. The molecule has 0 unspecified atom stereocenters. The Morgan fingerprint density at radius 3 is 2.92 bits per heavy atom. The Kier molecular flexibility index (Phi) is 3.05. The smallest absolute Gasteiger partial charge is 0.267 e. The number of fused-ring (bicyclic) bond motifs is 3. The van der Waals surface area contributed by atoms with Crippen LogP contribution in [0.4, 0.5) is 0 Å². The van der Waals surface area contributed by atoms with Crippen molar-refractivity contribution in [3.63, 3.8) is 0 Å². The van der Waals surface area contributed by atoms with E-state index < -0.39 is 5.91 Å². The Bertz CT molecular complexity index is 1090. The molecule has 0 aliphatic heterocycles. The Morgan fingerprint density at radius 2 is 2.17 bits per heavy atom. The van der Waals surface area contributed by atoms with E-state index in [0.717, 1.165) is 28.8 Å². The standard InChI is InChI=1S/C16H15N7O/c1-3-23-12(6-8(2)22-23)16-18-7-9-13-10(20-15(9)21-16)4-5-11(19-13)14(17)24/h4-7H,3H2,1-2H3,(H2,17,24)(H,18,20,21). The maximum absolute atomic E-state index is 11.3. The number of nitrogens with one attached hydrogen (secondary N) is 1. The molecule has 120 valence electrons. The van der Waals surface area contributed by atoms with Gasteiger partial charge in [-0.15, -0.1) is 0 Å². The van der Waals surface area contributed by atoms with Crippen LogP contribution in [0, 0.1) is 6.92 Å². The van der Waals surface area contributed by atoms with Gasteiger partial charge in [0, 0.05) is 12.7 Å². The van der Waals surface area contributed by atoms with Crippen molar-refractivity contribution in [3.05, 3.63) is 35.8 Å². The number of aromatic amines is 1. The first-order valence-electron chi connectivity index (χ1n) is 7.57. The number of H-pyrrole nitrogens is 1. The van der Waals surface area contributed by atoms with Gasteiger partial charge in [-0.1, -0.05) is 0 Å². The summed E-state index contributed by atoms with van der Waals surface area (Å²) in [6, 6.07) is 5.31. The Morgan fingerprint density at radius 1 is 1.33 bits per heavy atom. The minimum absolute atomic E-state index is 0.215. The summed E-state index contributed by atoms with van der Waals surface area (Å²) in [5.41, 5.74) is 9.36. The fraction of sp³-hybridized carbons (Fsp3) is 0.188. The molecule has 0 aromatic carbocycles. The van der Waals surface area contributed by atoms with Crippen LogP contribution in [-0.2, 0) is 6.54 Å². The van der Waals surface area contributed by atoms with Crippen LogP contribution in [-0.4, -0.2) is 35.6 Å².